The van der Waals surface area contributed by atoms with Crippen molar-refractivity contribution in [1.82, 2.24) is 0 Å². The van der Waals surface area contributed by atoms with Crippen LogP contribution in [0.3, 0.4) is 0 Å². The number of carbonyl (C=O) groups excluding carboxylic acids is 2. The van der Waals surface area contributed by atoms with Crippen LogP contribution in [0.25, 0.3) is 0 Å². The number of esters is 1. The summed E-state index contributed by atoms with van der Waals surface area (Å²) in [7, 11) is 1.09. The van der Waals surface area contributed by atoms with Crippen molar-refractivity contribution >= 4 is 11.8 Å². The fourth-order valence-electron chi connectivity index (χ4n) is 2.08. The summed E-state index contributed by atoms with van der Waals surface area (Å²) in [4.78, 5) is 23.3. The second kappa shape index (κ2) is 6.91. The van der Waals surface area contributed by atoms with E-state index >= 15 is 0 Å². The Kier molecular flexibility index (Phi) is 4.95. The molecule has 0 aliphatic rings. The smallest absolute Gasteiger partial charge is 0.373 e. The number of methoxy groups -OCH3 is 1. The number of aliphatic hydroxyl groups is 1. The molecular formula is C17H15FO5. The van der Waals surface area contributed by atoms with E-state index in [-0.39, 0.29) is 11.6 Å². The molecule has 0 saturated heterocycles. The van der Waals surface area contributed by atoms with Gasteiger partial charge in [-0.2, -0.15) is 0 Å². The molecule has 0 aliphatic carbocycles. The Hall–Kier alpha value is -2.89. The monoisotopic (exact) mass is 318 g/mol. The number of ether oxygens (including phenoxy) is 1. The third-order valence-corrected chi connectivity index (χ3v) is 3.13. The summed E-state index contributed by atoms with van der Waals surface area (Å²) in [5.74, 6) is -2.29. The molecule has 0 spiro atoms. The maximum Gasteiger partial charge on any atom is 0.373 e. The lowest BCUT2D eigenvalue weighted by atomic mass is 10.0. The molecule has 2 aromatic rings. The summed E-state index contributed by atoms with van der Waals surface area (Å²) in [5, 5.41) is 9.45. The van der Waals surface area contributed by atoms with E-state index in [0.717, 1.165) is 18.7 Å². The molecule has 2 rings (SSSR count). The molecule has 1 aromatic heterocycles. The Bertz CT molecular complexity index is 756. The van der Waals surface area contributed by atoms with E-state index in [1.165, 1.54) is 12.1 Å². The minimum atomic E-state index is -1.01. The van der Waals surface area contributed by atoms with Crippen molar-refractivity contribution in [3.8, 4) is 0 Å². The van der Waals surface area contributed by atoms with Gasteiger partial charge in [-0.15, -0.1) is 0 Å². The second-order valence-corrected chi connectivity index (χ2v) is 4.90. The molecule has 6 heteroatoms. The van der Waals surface area contributed by atoms with E-state index in [1.54, 1.807) is 25.1 Å². The van der Waals surface area contributed by atoms with Gasteiger partial charge >= 0.3 is 5.97 Å². The minimum absolute atomic E-state index is 0.0160. The standard InChI is InChI=1S/C17H15FO5/c1-10-7-12(8-11-3-5-13(18)6-4-11)16(23-10)14(19)9-15(20)17(21)22-2/h3-7,9,20H,8H2,1-2H3/b15-9-. The van der Waals surface area contributed by atoms with E-state index in [2.05, 4.69) is 4.74 Å². The van der Waals surface area contributed by atoms with Crippen LogP contribution in [0.15, 0.2) is 46.6 Å². The quantitative estimate of drug-likeness (QED) is 0.397. The van der Waals surface area contributed by atoms with Crippen LogP contribution in [-0.4, -0.2) is 24.0 Å². The molecule has 1 heterocycles. The molecule has 0 atom stereocenters. The van der Waals surface area contributed by atoms with Crippen LogP contribution in [0.2, 0.25) is 0 Å². The molecule has 0 amide bonds. The van der Waals surface area contributed by atoms with Crippen molar-refractivity contribution < 1.29 is 28.2 Å². The van der Waals surface area contributed by atoms with Crippen LogP contribution < -0.4 is 0 Å². The first-order valence-electron chi connectivity index (χ1n) is 6.77. The fourth-order valence-corrected chi connectivity index (χ4v) is 2.08. The predicted molar refractivity (Wildman–Crippen MR) is 79.7 cm³/mol. The zero-order valence-electron chi connectivity index (χ0n) is 12.6. The lowest BCUT2D eigenvalue weighted by molar-refractivity contribution is -0.139. The number of hydrogen-bond acceptors (Lipinski definition) is 5. The predicted octanol–water partition coefficient (Wildman–Crippen LogP) is 3.12. The van der Waals surface area contributed by atoms with Gasteiger partial charge in [0.05, 0.1) is 7.11 Å². The normalized spacial score (nSPS) is 11.3. The van der Waals surface area contributed by atoms with Crippen LogP contribution in [0, 0.1) is 12.7 Å². The number of aliphatic hydroxyl groups excluding tert-OH is 1. The van der Waals surface area contributed by atoms with E-state index in [1.807, 2.05) is 0 Å². The summed E-state index contributed by atoms with van der Waals surface area (Å²) >= 11 is 0. The van der Waals surface area contributed by atoms with Crippen LogP contribution in [0.1, 0.15) is 27.4 Å². The van der Waals surface area contributed by atoms with Gasteiger partial charge in [-0.1, -0.05) is 12.1 Å². The minimum Gasteiger partial charge on any atom is -0.502 e. The number of hydrogen-bond donors (Lipinski definition) is 1. The number of halogens is 1. The van der Waals surface area contributed by atoms with Crippen molar-refractivity contribution in [1.29, 1.82) is 0 Å². The highest BCUT2D eigenvalue weighted by atomic mass is 19.1. The fraction of sp³-hybridized carbons (Fsp3) is 0.176. The number of aryl methyl sites for hydroxylation is 1. The first-order chi connectivity index (χ1) is 10.9. The first-order valence-corrected chi connectivity index (χ1v) is 6.77. The van der Waals surface area contributed by atoms with Crippen molar-refractivity contribution in [2.45, 2.75) is 13.3 Å². The van der Waals surface area contributed by atoms with Crippen LogP contribution in [0.5, 0.6) is 0 Å². The summed E-state index contributed by atoms with van der Waals surface area (Å²) in [6.07, 6.45) is 1.10. The van der Waals surface area contributed by atoms with Crippen LogP contribution in [0.4, 0.5) is 4.39 Å². The van der Waals surface area contributed by atoms with Crippen molar-refractivity contribution in [3.63, 3.8) is 0 Å². The number of furan rings is 1. The maximum absolute atomic E-state index is 12.9. The third-order valence-electron chi connectivity index (χ3n) is 3.13. The summed E-state index contributed by atoms with van der Waals surface area (Å²) < 4.78 is 22.6. The molecule has 1 aromatic carbocycles. The molecule has 0 fully saturated rings. The zero-order valence-corrected chi connectivity index (χ0v) is 12.6. The number of rotatable bonds is 5. The summed E-state index contributed by atoms with van der Waals surface area (Å²) in [6.45, 7) is 1.68. The number of carbonyl (C=O) groups is 2. The van der Waals surface area contributed by atoms with E-state index < -0.39 is 17.5 Å². The average Bonchev–Trinajstić information content (AvgIpc) is 2.89. The van der Waals surface area contributed by atoms with Gasteiger partial charge in [0.25, 0.3) is 0 Å². The van der Waals surface area contributed by atoms with Gasteiger partial charge in [-0.25, -0.2) is 9.18 Å². The topological polar surface area (TPSA) is 76.7 Å². The van der Waals surface area contributed by atoms with Gasteiger partial charge in [0.1, 0.15) is 11.6 Å². The molecule has 0 aliphatic heterocycles. The molecule has 23 heavy (non-hydrogen) atoms. The van der Waals surface area contributed by atoms with Gasteiger partial charge in [-0.05, 0) is 30.7 Å². The van der Waals surface area contributed by atoms with Gasteiger partial charge in [0.2, 0.25) is 11.5 Å². The lowest BCUT2D eigenvalue weighted by Crippen LogP contribution is -2.07. The van der Waals surface area contributed by atoms with Crippen molar-refractivity contribution in [2.24, 2.45) is 0 Å². The molecule has 0 saturated carbocycles. The van der Waals surface area contributed by atoms with Crippen molar-refractivity contribution in [3.05, 3.63) is 70.6 Å². The Balaban J connectivity index is 2.28. The third kappa shape index (κ3) is 4.06. The zero-order chi connectivity index (χ0) is 17.0. The Labute approximate surface area is 132 Å². The molecule has 0 bridgehead atoms. The van der Waals surface area contributed by atoms with E-state index in [0.29, 0.717) is 17.7 Å². The highest BCUT2D eigenvalue weighted by Crippen LogP contribution is 2.20. The SMILES string of the molecule is COC(=O)/C(O)=C/C(=O)c1oc(C)cc1Cc1ccc(F)cc1. The van der Waals surface area contributed by atoms with Gasteiger partial charge < -0.3 is 14.3 Å². The number of ketones is 1. The molecular weight excluding hydrogens is 303 g/mol. The Morgan fingerprint density at radius 3 is 2.57 bits per heavy atom. The maximum atomic E-state index is 12.9. The van der Waals surface area contributed by atoms with Crippen molar-refractivity contribution in [2.75, 3.05) is 7.11 Å². The highest BCUT2D eigenvalue weighted by molar-refractivity contribution is 6.07. The Morgan fingerprint density at radius 2 is 1.96 bits per heavy atom. The number of benzene rings is 1. The first kappa shape index (κ1) is 16.5. The van der Waals surface area contributed by atoms with Crippen LogP contribution in [-0.2, 0) is 16.0 Å². The number of allylic oxidation sites excluding steroid dienone is 1. The largest absolute Gasteiger partial charge is 0.502 e. The molecule has 0 unspecified atom stereocenters. The molecule has 120 valence electrons. The summed E-state index contributed by atoms with van der Waals surface area (Å²) in [5.41, 5.74) is 1.37. The van der Waals surface area contributed by atoms with Gasteiger partial charge in [-0.3, -0.25) is 4.79 Å². The molecule has 5 nitrogen and oxygen atoms in total. The van der Waals surface area contributed by atoms with E-state index in [9.17, 15) is 19.1 Å². The molecule has 0 radical (unpaired) electrons. The molecule has 1 N–H and O–H groups in total. The van der Waals surface area contributed by atoms with Gasteiger partial charge in [0.15, 0.2) is 5.76 Å². The van der Waals surface area contributed by atoms with Crippen LogP contribution >= 0.6 is 0 Å². The average molecular weight is 318 g/mol. The van der Waals surface area contributed by atoms with Gasteiger partial charge in [0, 0.05) is 18.1 Å². The van der Waals surface area contributed by atoms with E-state index in [4.69, 9.17) is 4.42 Å². The summed E-state index contributed by atoms with van der Waals surface area (Å²) in [6, 6.07) is 7.54. The lowest BCUT2D eigenvalue weighted by Gasteiger charge is -2.01. The highest BCUT2D eigenvalue weighted by Gasteiger charge is 2.18. The second-order valence-electron chi connectivity index (χ2n) is 4.90. The Morgan fingerprint density at radius 1 is 1.30 bits per heavy atom.